The summed E-state index contributed by atoms with van der Waals surface area (Å²) in [6.45, 7) is 1.15. The largest absolute Gasteiger partial charge is 0.399 e. The maximum absolute atomic E-state index is 13.4. The number of nitrogen functional groups attached to an aromatic ring is 1. The van der Waals surface area contributed by atoms with Crippen LogP contribution in [-0.2, 0) is 4.74 Å². The van der Waals surface area contributed by atoms with E-state index in [9.17, 15) is 9.18 Å². The molecule has 0 spiro atoms. The molecule has 1 amide bonds. The molecular formula is C12H15FN2O2. The normalized spacial score (nSPS) is 19.2. The fourth-order valence-electron chi connectivity index (χ4n) is 1.82. The van der Waals surface area contributed by atoms with Crippen LogP contribution in [0.1, 0.15) is 23.2 Å². The van der Waals surface area contributed by atoms with Crippen molar-refractivity contribution < 1.29 is 13.9 Å². The Hall–Kier alpha value is -1.62. The van der Waals surface area contributed by atoms with E-state index in [1.807, 2.05) is 0 Å². The van der Waals surface area contributed by atoms with Crippen molar-refractivity contribution in [1.82, 2.24) is 5.32 Å². The molecule has 17 heavy (non-hydrogen) atoms. The van der Waals surface area contributed by atoms with Crippen molar-refractivity contribution in [2.75, 3.05) is 18.9 Å². The van der Waals surface area contributed by atoms with Crippen molar-refractivity contribution in [1.29, 1.82) is 0 Å². The van der Waals surface area contributed by atoms with Crippen molar-refractivity contribution in [2.24, 2.45) is 0 Å². The van der Waals surface area contributed by atoms with Crippen LogP contribution in [0.2, 0.25) is 0 Å². The molecule has 2 rings (SSSR count). The molecule has 1 unspecified atom stereocenters. The smallest absolute Gasteiger partial charge is 0.254 e. The number of hydrogen-bond donors (Lipinski definition) is 2. The Morgan fingerprint density at radius 1 is 1.59 bits per heavy atom. The van der Waals surface area contributed by atoms with Crippen molar-refractivity contribution in [3.8, 4) is 0 Å². The number of anilines is 1. The summed E-state index contributed by atoms with van der Waals surface area (Å²) in [4.78, 5) is 11.7. The predicted molar refractivity (Wildman–Crippen MR) is 62.1 cm³/mol. The van der Waals surface area contributed by atoms with Gasteiger partial charge in [-0.15, -0.1) is 0 Å². The lowest BCUT2D eigenvalue weighted by Crippen LogP contribution is -2.32. The van der Waals surface area contributed by atoms with Gasteiger partial charge in [-0.3, -0.25) is 4.79 Å². The van der Waals surface area contributed by atoms with Gasteiger partial charge in [-0.25, -0.2) is 4.39 Å². The van der Waals surface area contributed by atoms with Crippen LogP contribution < -0.4 is 11.1 Å². The van der Waals surface area contributed by atoms with E-state index in [2.05, 4.69) is 5.32 Å². The van der Waals surface area contributed by atoms with Crippen molar-refractivity contribution in [3.63, 3.8) is 0 Å². The highest BCUT2D eigenvalue weighted by Gasteiger charge is 2.18. The number of halogens is 1. The average molecular weight is 238 g/mol. The second-order valence-electron chi connectivity index (χ2n) is 4.08. The number of hydrogen-bond acceptors (Lipinski definition) is 3. The molecule has 0 aromatic heterocycles. The molecule has 1 heterocycles. The van der Waals surface area contributed by atoms with E-state index in [-0.39, 0.29) is 11.7 Å². The molecule has 0 aliphatic carbocycles. The van der Waals surface area contributed by atoms with Crippen LogP contribution in [0.4, 0.5) is 10.1 Å². The maximum Gasteiger partial charge on any atom is 0.254 e. The molecule has 3 N–H and O–H groups in total. The summed E-state index contributed by atoms with van der Waals surface area (Å²) in [6.07, 6.45) is 2.00. The van der Waals surface area contributed by atoms with Crippen molar-refractivity contribution in [3.05, 3.63) is 29.6 Å². The van der Waals surface area contributed by atoms with Gasteiger partial charge in [-0.2, -0.15) is 0 Å². The Bertz CT molecular complexity index is 417. The van der Waals surface area contributed by atoms with Gasteiger partial charge < -0.3 is 15.8 Å². The summed E-state index contributed by atoms with van der Waals surface area (Å²) in [7, 11) is 0. The maximum atomic E-state index is 13.4. The zero-order valence-electron chi connectivity index (χ0n) is 9.41. The zero-order chi connectivity index (χ0) is 12.3. The highest BCUT2D eigenvalue weighted by molar-refractivity contribution is 5.94. The SMILES string of the molecule is Nc1ccc(C(=O)NCC2CCCO2)c(F)c1. The molecule has 1 aromatic rings. The molecule has 1 aromatic carbocycles. The first-order chi connectivity index (χ1) is 8.16. The molecular weight excluding hydrogens is 223 g/mol. The Labute approximate surface area is 98.9 Å². The number of benzene rings is 1. The van der Waals surface area contributed by atoms with Crippen LogP contribution in [0.5, 0.6) is 0 Å². The summed E-state index contributed by atoms with van der Waals surface area (Å²) in [6, 6.07) is 4.03. The topological polar surface area (TPSA) is 64.4 Å². The first kappa shape index (κ1) is 11.9. The molecule has 1 saturated heterocycles. The monoisotopic (exact) mass is 238 g/mol. The van der Waals surface area contributed by atoms with Gasteiger partial charge in [0.2, 0.25) is 0 Å². The Balaban J connectivity index is 1.94. The standard InChI is InChI=1S/C12H15FN2O2/c13-11-6-8(14)3-4-10(11)12(16)15-7-9-2-1-5-17-9/h3-4,6,9H,1-2,5,7,14H2,(H,15,16). The predicted octanol–water partition coefficient (Wildman–Crippen LogP) is 1.32. The van der Waals surface area contributed by atoms with Gasteiger partial charge in [0.05, 0.1) is 11.7 Å². The summed E-state index contributed by atoms with van der Waals surface area (Å²) in [5.74, 6) is -1.03. The number of rotatable bonds is 3. The summed E-state index contributed by atoms with van der Waals surface area (Å²) in [5.41, 5.74) is 5.72. The highest BCUT2D eigenvalue weighted by atomic mass is 19.1. The molecule has 0 radical (unpaired) electrons. The summed E-state index contributed by atoms with van der Waals surface area (Å²) in [5, 5.41) is 2.66. The van der Waals surface area contributed by atoms with E-state index in [0.29, 0.717) is 12.2 Å². The van der Waals surface area contributed by atoms with Gasteiger partial charge in [0, 0.05) is 18.8 Å². The van der Waals surface area contributed by atoms with E-state index in [0.717, 1.165) is 25.5 Å². The molecule has 1 aliphatic heterocycles. The first-order valence-corrected chi connectivity index (χ1v) is 5.61. The van der Waals surface area contributed by atoms with E-state index < -0.39 is 11.7 Å². The van der Waals surface area contributed by atoms with Gasteiger partial charge in [-0.05, 0) is 31.0 Å². The van der Waals surface area contributed by atoms with Gasteiger partial charge in [0.25, 0.3) is 5.91 Å². The zero-order valence-corrected chi connectivity index (χ0v) is 9.41. The minimum Gasteiger partial charge on any atom is -0.399 e. The number of amides is 1. The molecule has 1 fully saturated rings. The number of carbonyl (C=O) groups is 1. The fraction of sp³-hybridized carbons (Fsp3) is 0.417. The van der Waals surface area contributed by atoms with Gasteiger partial charge in [-0.1, -0.05) is 0 Å². The lowest BCUT2D eigenvalue weighted by Gasteiger charge is -2.11. The minimum absolute atomic E-state index is 0.0113. The molecule has 0 saturated carbocycles. The van der Waals surface area contributed by atoms with E-state index >= 15 is 0 Å². The number of nitrogens with two attached hydrogens (primary N) is 1. The van der Waals surface area contributed by atoms with Crippen LogP contribution in [0.15, 0.2) is 18.2 Å². The highest BCUT2D eigenvalue weighted by Crippen LogP contribution is 2.13. The van der Waals surface area contributed by atoms with E-state index in [1.165, 1.54) is 12.1 Å². The molecule has 1 atom stereocenters. The van der Waals surface area contributed by atoms with E-state index in [4.69, 9.17) is 10.5 Å². The third-order valence-electron chi connectivity index (χ3n) is 2.75. The molecule has 1 aliphatic rings. The van der Waals surface area contributed by atoms with Gasteiger partial charge in [0.15, 0.2) is 0 Å². The molecule has 92 valence electrons. The number of nitrogens with one attached hydrogen (secondary N) is 1. The third kappa shape index (κ3) is 2.94. The molecule has 5 heteroatoms. The first-order valence-electron chi connectivity index (χ1n) is 5.61. The lowest BCUT2D eigenvalue weighted by molar-refractivity contribution is 0.0854. The fourth-order valence-corrected chi connectivity index (χ4v) is 1.82. The van der Waals surface area contributed by atoms with Crippen LogP contribution in [0.25, 0.3) is 0 Å². The van der Waals surface area contributed by atoms with Crippen molar-refractivity contribution in [2.45, 2.75) is 18.9 Å². The third-order valence-corrected chi connectivity index (χ3v) is 2.75. The van der Waals surface area contributed by atoms with Crippen LogP contribution in [0, 0.1) is 5.82 Å². The van der Waals surface area contributed by atoms with Crippen LogP contribution in [0.3, 0.4) is 0 Å². The molecule has 0 bridgehead atoms. The minimum atomic E-state index is -0.602. The molecule has 4 nitrogen and oxygen atoms in total. The summed E-state index contributed by atoms with van der Waals surface area (Å²) >= 11 is 0. The summed E-state index contributed by atoms with van der Waals surface area (Å²) < 4.78 is 18.8. The van der Waals surface area contributed by atoms with E-state index in [1.54, 1.807) is 0 Å². The number of carbonyl (C=O) groups excluding carboxylic acids is 1. The van der Waals surface area contributed by atoms with Crippen LogP contribution >= 0.6 is 0 Å². The van der Waals surface area contributed by atoms with Crippen molar-refractivity contribution >= 4 is 11.6 Å². The van der Waals surface area contributed by atoms with Gasteiger partial charge in [0.1, 0.15) is 5.82 Å². The second kappa shape index (κ2) is 5.14. The average Bonchev–Trinajstić information content (AvgIpc) is 2.78. The second-order valence-corrected chi connectivity index (χ2v) is 4.08. The quantitative estimate of drug-likeness (QED) is 0.780. The Morgan fingerprint density at radius 3 is 3.06 bits per heavy atom. The lowest BCUT2D eigenvalue weighted by atomic mass is 10.1. The Kier molecular flexibility index (Phi) is 3.58. The Morgan fingerprint density at radius 2 is 2.41 bits per heavy atom. The number of ether oxygens (including phenoxy) is 1. The van der Waals surface area contributed by atoms with Crippen LogP contribution in [-0.4, -0.2) is 25.2 Å². The van der Waals surface area contributed by atoms with Gasteiger partial charge >= 0.3 is 0 Å².